The Kier molecular flexibility index (Phi) is 8.83. The Labute approximate surface area is 256 Å². The Bertz CT molecular complexity index is 1510. The van der Waals surface area contributed by atoms with E-state index in [1.165, 1.54) is 11.8 Å². The molecule has 0 radical (unpaired) electrons. The molecular formula is C33H30Br2N2O2S. The van der Waals surface area contributed by atoms with Crippen molar-refractivity contribution in [1.82, 2.24) is 10.2 Å². The van der Waals surface area contributed by atoms with Crippen LogP contribution in [0.3, 0.4) is 0 Å². The summed E-state index contributed by atoms with van der Waals surface area (Å²) < 4.78 is 0.661. The van der Waals surface area contributed by atoms with E-state index in [-0.39, 0.29) is 11.8 Å². The summed E-state index contributed by atoms with van der Waals surface area (Å²) in [7, 11) is 0. The van der Waals surface area contributed by atoms with E-state index in [2.05, 4.69) is 37.2 Å². The molecule has 0 saturated carbocycles. The van der Waals surface area contributed by atoms with Crippen LogP contribution in [0.4, 0.5) is 0 Å². The summed E-state index contributed by atoms with van der Waals surface area (Å²) in [6.45, 7) is 4.69. The quantitative estimate of drug-likeness (QED) is 0.205. The van der Waals surface area contributed by atoms with Crippen LogP contribution in [0.2, 0.25) is 0 Å². The van der Waals surface area contributed by atoms with Gasteiger partial charge in [0.15, 0.2) is 0 Å². The molecule has 1 heterocycles. The molecule has 3 atom stereocenters. The van der Waals surface area contributed by atoms with Crippen molar-refractivity contribution in [3.63, 3.8) is 0 Å². The minimum absolute atomic E-state index is 0.0500. The molecule has 0 aliphatic carbocycles. The fourth-order valence-corrected chi connectivity index (χ4v) is 7.71. The molecule has 1 aliphatic rings. The number of benzene rings is 4. The van der Waals surface area contributed by atoms with Crippen molar-refractivity contribution in [2.24, 2.45) is 5.92 Å². The van der Waals surface area contributed by atoms with Crippen molar-refractivity contribution < 1.29 is 9.59 Å². The molecule has 7 heteroatoms. The molecule has 0 spiro atoms. The van der Waals surface area contributed by atoms with Gasteiger partial charge in [-0.15, -0.1) is 11.8 Å². The van der Waals surface area contributed by atoms with Crippen LogP contribution in [-0.4, -0.2) is 21.5 Å². The van der Waals surface area contributed by atoms with E-state index in [1.807, 2.05) is 122 Å². The van der Waals surface area contributed by atoms with Gasteiger partial charge in [-0.2, -0.15) is 0 Å². The number of hydrogen-bond donors (Lipinski definition) is 1. The van der Waals surface area contributed by atoms with Crippen LogP contribution < -0.4 is 5.32 Å². The van der Waals surface area contributed by atoms with Crippen molar-refractivity contribution >= 4 is 55.4 Å². The van der Waals surface area contributed by atoms with Crippen LogP contribution in [0.1, 0.15) is 35.2 Å². The van der Waals surface area contributed by atoms with E-state index < -0.39 is 16.7 Å². The number of likely N-dealkylation sites (tertiary alicyclic amines) is 1. The Hall–Kier alpha value is -2.87. The van der Waals surface area contributed by atoms with Crippen LogP contribution >= 0.6 is 43.6 Å². The highest BCUT2D eigenvalue weighted by Gasteiger charge is 2.63. The van der Waals surface area contributed by atoms with Crippen LogP contribution in [0.25, 0.3) is 0 Å². The number of nitrogens with one attached hydrogen (secondary N) is 1. The summed E-state index contributed by atoms with van der Waals surface area (Å²) in [5.41, 5.74) is 4.04. The van der Waals surface area contributed by atoms with Crippen LogP contribution in [0.5, 0.6) is 0 Å². The van der Waals surface area contributed by atoms with Crippen LogP contribution in [-0.2, 0) is 22.7 Å². The zero-order chi connectivity index (χ0) is 28.3. The van der Waals surface area contributed by atoms with Gasteiger partial charge in [-0.1, -0.05) is 123 Å². The summed E-state index contributed by atoms with van der Waals surface area (Å²) >= 11 is 8.91. The third-order valence-electron chi connectivity index (χ3n) is 7.47. The van der Waals surface area contributed by atoms with E-state index in [0.29, 0.717) is 13.1 Å². The lowest BCUT2D eigenvalue weighted by Crippen LogP contribution is -2.51. The predicted molar refractivity (Wildman–Crippen MR) is 169 cm³/mol. The topological polar surface area (TPSA) is 49.4 Å². The SMILES string of the molecule is Cc1ccc(S[C@]2(C(=O)NCc3ccccc3)[C@@H](C)C(=O)N(Cc3ccccc3Br)[C@@H]2c2ccccc2Br)cc1. The molecule has 4 nitrogen and oxygen atoms in total. The van der Waals surface area contributed by atoms with E-state index >= 15 is 0 Å². The summed E-state index contributed by atoms with van der Waals surface area (Å²) in [6.07, 6.45) is 0. The second-order valence-corrected chi connectivity index (χ2v) is 13.1. The first-order valence-electron chi connectivity index (χ1n) is 13.2. The Morgan fingerprint density at radius 3 is 2.17 bits per heavy atom. The van der Waals surface area contributed by atoms with Gasteiger partial charge in [0, 0.05) is 26.9 Å². The highest BCUT2D eigenvalue weighted by molar-refractivity contribution is 9.10. The van der Waals surface area contributed by atoms with E-state index in [1.54, 1.807) is 0 Å². The molecule has 0 unspecified atom stereocenters. The molecule has 204 valence electrons. The predicted octanol–water partition coefficient (Wildman–Crippen LogP) is 8.09. The van der Waals surface area contributed by atoms with Crippen molar-refractivity contribution in [3.8, 4) is 0 Å². The molecule has 5 rings (SSSR count). The molecule has 0 bridgehead atoms. The summed E-state index contributed by atoms with van der Waals surface area (Å²) in [5.74, 6) is -0.793. The molecule has 1 aliphatic heterocycles. The first-order chi connectivity index (χ1) is 19.3. The van der Waals surface area contributed by atoms with Gasteiger partial charge in [-0.3, -0.25) is 9.59 Å². The van der Waals surface area contributed by atoms with Gasteiger partial charge in [-0.25, -0.2) is 0 Å². The van der Waals surface area contributed by atoms with Gasteiger partial charge in [0.25, 0.3) is 0 Å². The van der Waals surface area contributed by atoms with Crippen molar-refractivity contribution in [1.29, 1.82) is 0 Å². The third kappa shape index (κ3) is 5.65. The maximum Gasteiger partial charge on any atom is 0.240 e. The number of thioether (sulfide) groups is 1. The maximum absolute atomic E-state index is 14.6. The zero-order valence-electron chi connectivity index (χ0n) is 22.3. The van der Waals surface area contributed by atoms with Gasteiger partial charge < -0.3 is 10.2 Å². The number of hydrogen-bond acceptors (Lipinski definition) is 3. The van der Waals surface area contributed by atoms with E-state index in [9.17, 15) is 9.59 Å². The molecule has 0 aromatic heterocycles. The average molecular weight is 678 g/mol. The minimum Gasteiger partial charge on any atom is -0.351 e. The number of carbonyl (C=O) groups excluding carboxylic acids is 2. The molecule has 1 N–H and O–H groups in total. The van der Waals surface area contributed by atoms with Crippen LogP contribution in [0, 0.1) is 12.8 Å². The summed E-state index contributed by atoms with van der Waals surface area (Å²) in [6, 6.07) is 33.4. The second kappa shape index (κ2) is 12.3. The van der Waals surface area contributed by atoms with Crippen molar-refractivity contribution in [2.45, 2.75) is 42.6 Å². The number of rotatable bonds is 8. The minimum atomic E-state index is -1.13. The standard InChI is InChI=1S/C33H30Br2N2O2S/c1-22-16-18-26(19-17-22)40-33(32(39)36-20-24-10-4-3-5-11-24)23(2)31(38)37(21-25-12-6-8-14-28(25)34)30(33)27-13-7-9-15-29(27)35/h3-19,23,30H,20-21H2,1-2H3,(H,36,39)/t23-,30+,33+/m0/s1. The molecule has 40 heavy (non-hydrogen) atoms. The Morgan fingerprint density at radius 1 is 0.875 bits per heavy atom. The van der Waals surface area contributed by atoms with Gasteiger partial charge >= 0.3 is 0 Å². The fourth-order valence-electron chi connectivity index (χ4n) is 5.33. The first-order valence-corrected chi connectivity index (χ1v) is 15.6. The van der Waals surface area contributed by atoms with Gasteiger partial charge in [0.1, 0.15) is 4.75 Å². The normalized spacial score (nSPS) is 20.5. The molecule has 4 aromatic rings. The smallest absolute Gasteiger partial charge is 0.240 e. The van der Waals surface area contributed by atoms with Crippen LogP contribution in [0.15, 0.2) is 117 Å². The van der Waals surface area contributed by atoms with Crippen molar-refractivity contribution in [2.75, 3.05) is 0 Å². The third-order valence-corrected chi connectivity index (χ3v) is 10.6. The first kappa shape index (κ1) is 28.7. The maximum atomic E-state index is 14.6. The highest BCUT2D eigenvalue weighted by atomic mass is 79.9. The van der Waals surface area contributed by atoms with E-state index in [0.717, 1.165) is 36.1 Å². The van der Waals surface area contributed by atoms with Gasteiger partial charge in [0.2, 0.25) is 11.8 Å². The largest absolute Gasteiger partial charge is 0.351 e. The molecule has 1 fully saturated rings. The lowest BCUT2D eigenvalue weighted by atomic mass is 9.85. The lowest BCUT2D eigenvalue weighted by Gasteiger charge is -2.38. The fraction of sp³-hybridized carbons (Fsp3) is 0.212. The Morgan fingerprint density at radius 2 is 1.50 bits per heavy atom. The zero-order valence-corrected chi connectivity index (χ0v) is 26.3. The second-order valence-electron chi connectivity index (χ2n) is 10.1. The highest BCUT2D eigenvalue weighted by Crippen LogP contribution is 2.57. The monoisotopic (exact) mass is 676 g/mol. The lowest BCUT2D eigenvalue weighted by molar-refractivity contribution is -0.133. The molecular weight excluding hydrogens is 648 g/mol. The summed E-state index contributed by atoms with van der Waals surface area (Å²) in [5, 5.41) is 3.22. The number of aryl methyl sites for hydroxylation is 1. The van der Waals surface area contributed by atoms with Gasteiger partial charge in [-0.05, 0) is 47.9 Å². The number of nitrogens with zero attached hydrogens (tertiary/aromatic N) is 1. The van der Waals surface area contributed by atoms with E-state index in [4.69, 9.17) is 0 Å². The number of carbonyl (C=O) groups is 2. The van der Waals surface area contributed by atoms with Gasteiger partial charge in [0.05, 0.1) is 12.0 Å². The molecule has 4 aromatic carbocycles. The average Bonchev–Trinajstić information content (AvgIpc) is 3.17. The molecule has 2 amide bonds. The van der Waals surface area contributed by atoms with Crippen molar-refractivity contribution in [3.05, 3.63) is 134 Å². The number of halogens is 2. The molecule has 1 saturated heterocycles. The summed E-state index contributed by atoms with van der Waals surface area (Å²) in [4.78, 5) is 31.7. The number of amides is 2. The Balaban J connectivity index is 1.66.